The molecule has 10 heteroatoms. The molecule has 0 saturated heterocycles. The molecule has 29 heavy (non-hydrogen) atoms. The standard InChI is InChI=1S/C19H20FN5O3S/c1-25-13-16(12-23-25)15-8-14(9-21-11-15)10-22-19(26)6-7-24-29(27,28)18-5-3-2-4-17(18)20/h2-5,8-9,11-13,24H,6-7,10H2,1H3,(H,22,26). The number of benzene rings is 1. The van der Waals surface area contributed by atoms with Crippen LogP contribution >= 0.6 is 0 Å². The van der Waals surface area contributed by atoms with Crippen LogP contribution in [0, 0.1) is 5.82 Å². The van der Waals surface area contributed by atoms with Gasteiger partial charge in [-0.3, -0.25) is 14.5 Å². The van der Waals surface area contributed by atoms with Gasteiger partial charge in [-0.25, -0.2) is 17.5 Å². The van der Waals surface area contributed by atoms with Crippen molar-refractivity contribution in [1.82, 2.24) is 24.8 Å². The van der Waals surface area contributed by atoms with Gasteiger partial charge in [0, 0.05) is 56.3 Å². The number of carbonyl (C=O) groups is 1. The fourth-order valence-corrected chi connectivity index (χ4v) is 3.75. The summed E-state index contributed by atoms with van der Waals surface area (Å²) < 4.78 is 41.7. The van der Waals surface area contributed by atoms with E-state index in [4.69, 9.17) is 0 Å². The predicted octanol–water partition coefficient (Wildman–Crippen LogP) is 1.61. The van der Waals surface area contributed by atoms with E-state index in [1.54, 1.807) is 23.3 Å². The number of aromatic nitrogens is 3. The summed E-state index contributed by atoms with van der Waals surface area (Å²) in [7, 11) is -2.19. The molecule has 1 aromatic carbocycles. The summed E-state index contributed by atoms with van der Waals surface area (Å²) in [4.78, 5) is 15.7. The number of hydrogen-bond donors (Lipinski definition) is 2. The van der Waals surface area contributed by atoms with Crippen LogP contribution in [0.5, 0.6) is 0 Å². The van der Waals surface area contributed by atoms with Crippen molar-refractivity contribution in [3.8, 4) is 11.1 Å². The lowest BCUT2D eigenvalue weighted by atomic mass is 10.1. The number of amides is 1. The Bertz CT molecular complexity index is 1110. The Labute approximate surface area is 167 Å². The van der Waals surface area contributed by atoms with Crippen LogP contribution in [0.25, 0.3) is 11.1 Å². The highest BCUT2D eigenvalue weighted by Crippen LogP contribution is 2.18. The molecular formula is C19H20FN5O3S. The van der Waals surface area contributed by atoms with Crippen molar-refractivity contribution in [3.63, 3.8) is 0 Å². The van der Waals surface area contributed by atoms with Gasteiger partial charge in [0.15, 0.2) is 0 Å². The van der Waals surface area contributed by atoms with Gasteiger partial charge in [-0.15, -0.1) is 0 Å². The third kappa shape index (κ3) is 5.46. The number of carbonyl (C=O) groups excluding carboxylic acids is 1. The van der Waals surface area contributed by atoms with Gasteiger partial charge < -0.3 is 5.32 Å². The first-order valence-corrected chi connectivity index (χ1v) is 10.3. The zero-order valence-electron chi connectivity index (χ0n) is 15.7. The molecule has 0 atom stereocenters. The third-order valence-corrected chi connectivity index (χ3v) is 5.59. The van der Waals surface area contributed by atoms with E-state index >= 15 is 0 Å². The van der Waals surface area contributed by atoms with Gasteiger partial charge >= 0.3 is 0 Å². The average Bonchev–Trinajstić information content (AvgIpc) is 3.13. The Kier molecular flexibility index (Phi) is 6.35. The fraction of sp³-hybridized carbons (Fsp3) is 0.211. The number of hydrogen-bond acceptors (Lipinski definition) is 5. The SMILES string of the molecule is Cn1cc(-c2cncc(CNC(=O)CCNS(=O)(=O)c3ccccc3F)c2)cn1. The highest BCUT2D eigenvalue weighted by molar-refractivity contribution is 7.89. The summed E-state index contributed by atoms with van der Waals surface area (Å²) in [6, 6.07) is 6.96. The Morgan fingerprint density at radius 2 is 1.97 bits per heavy atom. The molecule has 0 bridgehead atoms. The van der Waals surface area contributed by atoms with Gasteiger partial charge in [0.05, 0.1) is 6.20 Å². The lowest BCUT2D eigenvalue weighted by Crippen LogP contribution is -2.31. The topological polar surface area (TPSA) is 106 Å². The lowest BCUT2D eigenvalue weighted by Gasteiger charge is -2.09. The molecule has 152 valence electrons. The van der Waals surface area contributed by atoms with Crippen molar-refractivity contribution in [2.75, 3.05) is 6.54 Å². The number of nitrogens with zero attached hydrogens (tertiary/aromatic N) is 3. The van der Waals surface area contributed by atoms with Crippen LogP contribution in [0.2, 0.25) is 0 Å². The number of aryl methyl sites for hydroxylation is 1. The molecule has 0 fully saturated rings. The second kappa shape index (κ2) is 8.93. The minimum Gasteiger partial charge on any atom is -0.352 e. The summed E-state index contributed by atoms with van der Waals surface area (Å²) in [5.74, 6) is -1.18. The molecule has 3 rings (SSSR count). The quantitative estimate of drug-likeness (QED) is 0.579. The molecule has 0 aliphatic carbocycles. The molecular weight excluding hydrogens is 397 g/mol. The molecule has 3 aromatic rings. The highest BCUT2D eigenvalue weighted by Gasteiger charge is 2.18. The molecule has 0 spiro atoms. The monoisotopic (exact) mass is 417 g/mol. The van der Waals surface area contributed by atoms with E-state index in [1.807, 2.05) is 19.3 Å². The molecule has 0 radical (unpaired) electrons. The van der Waals surface area contributed by atoms with Crippen molar-refractivity contribution in [3.05, 3.63) is 66.5 Å². The van der Waals surface area contributed by atoms with Crippen LogP contribution in [0.1, 0.15) is 12.0 Å². The number of rotatable bonds is 8. The van der Waals surface area contributed by atoms with E-state index in [9.17, 15) is 17.6 Å². The zero-order chi connectivity index (χ0) is 20.9. The first-order valence-electron chi connectivity index (χ1n) is 8.79. The Morgan fingerprint density at radius 3 is 2.69 bits per heavy atom. The van der Waals surface area contributed by atoms with E-state index in [-0.39, 0.29) is 25.4 Å². The maximum atomic E-state index is 13.6. The maximum Gasteiger partial charge on any atom is 0.243 e. The summed E-state index contributed by atoms with van der Waals surface area (Å²) in [6.45, 7) is 0.108. The van der Waals surface area contributed by atoms with E-state index in [2.05, 4.69) is 20.1 Å². The Hall–Kier alpha value is -3.11. The van der Waals surface area contributed by atoms with E-state index < -0.39 is 20.7 Å². The van der Waals surface area contributed by atoms with E-state index in [0.717, 1.165) is 22.8 Å². The van der Waals surface area contributed by atoms with Crippen molar-refractivity contribution >= 4 is 15.9 Å². The molecule has 0 aliphatic rings. The first-order chi connectivity index (χ1) is 13.8. The first kappa shape index (κ1) is 20.6. The van der Waals surface area contributed by atoms with Crippen molar-refractivity contribution < 1.29 is 17.6 Å². The average molecular weight is 417 g/mol. The van der Waals surface area contributed by atoms with Crippen LogP contribution in [-0.2, 0) is 28.4 Å². The van der Waals surface area contributed by atoms with Crippen molar-refractivity contribution in [2.45, 2.75) is 17.9 Å². The Balaban J connectivity index is 1.50. The van der Waals surface area contributed by atoms with Gasteiger partial charge in [0.1, 0.15) is 10.7 Å². The molecule has 2 N–H and O–H groups in total. The van der Waals surface area contributed by atoms with Crippen LogP contribution in [0.3, 0.4) is 0 Å². The minimum atomic E-state index is -4.01. The zero-order valence-corrected chi connectivity index (χ0v) is 16.5. The van der Waals surface area contributed by atoms with Crippen LogP contribution in [0.15, 0.2) is 60.0 Å². The summed E-state index contributed by atoms with van der Waals surface area (Å²) in [6.07, 6.45) is 6.85. The van der Waals surface area contributed by atoms with Crippen molar-refractivity contribution in [1.29, 1.82) is 0 Å². The maximum absolute atomic E-state index is 13.6. The smallest absolute Gasteiger partial charge is 0.243 e. The van der Waals surface area contributed by atoms with Crippen LogP contribution in [0.4, 0.5) is 4.39 Å². The molecule has 1 amide bonds. The molecule has 2 heterocycles. The molecule has 0 saturated carbocycles. The second-order valence-corrected chi connectivity index (χ2v) is 8.07. The van der Waals surface area contributed by atoms with E-state index in [0.29, 0.717) is 0 Å². The second-order valence-electron chi connectivity index (χ2n) is 6.34. The number of pyridine rings is 1. The molecule has 8 nitrogen and oxygen atoms in total. The normalized spacial score (nSPS) is 11.4. The molecule has 0 unspecified atom stereocenters. The summed E-state index contributed by atoms with van der Waals surface area (Å²) >= 11 is 0. The van der Waals surface area contributed by atoms with Crippen molar-refractivity contribution in [2.24, 2.45) is 7.05 Å². The number of halogens is 1. The lowest BCUT2D eigenvalue weighted by molar-refractivity contribution is -0.121. The fourth-order valence-electron chi connectivity index (χ4n) is 2.64. The van der Waals surface area contributed by atoms with Gasteiger partial charge in [0.2, 0.25) is 15.9 Å². The highest BCUT2D eigenvalue weighted by atomic mass is 32.2. The van der Waals surface area contributed by atoms with Gasteiger partial charge in [-0.05, 0) is 23.8 Å². The number of nitrogens with one attached hydrogen (secondary N) is 2. The summed E-state index contributed by atoms with van der Waals surface area (Å²) in [5, 5.41) is 6.83. The number of sulfonamides is 1. The van der Waals surface area contributed by atoms with E-state index in [1.165, 1.54) is 18.2 Å². The third-order valence-electron chi connectivity index (χ3n) is 4.09. The van der Waals surface area contributed by atoms with Crippen LogP contribution in [-0.4, -0.2) is 35.6 Å². The van der Waals surface area contributed by atoms with Gasteiger partial charge in [-0.1, -0.05) is 12.1 Å². The van der Waals surface area contributed by atoms with Gasteiger partial charge in [-0.2, -0.15) is 5.10 Å². The molecule has 0 aliphatic heterocycles. The van der Waals surface area contributed by atoms with Crippen LogP contribution < -0.4 is 10.0 Å². The molecule has 2 aromatic heterocycles. The minimum absolute atomic E-state index is 0.0800. The summed E-state index contributed by atoms with van der Waals surface area (Å²) in [5.41, 5.74) is 2.59. The largest absolute Gasteiger partial charge is 0.352 e. The van der Waals surface area contributed by atoms with Gasteiger partial charge in [0.25, 0.3) is 0 Å². The Morgan fingerprint density at radius 1 is 1.17 bits per heavy atom. The predicted molar refractivity (Wildman–Crippen MR) is 104 cm³/mol.